The number of anilines is 1. The standard InChI is InChI=1S/C21H23ClN4O4/c1-3-10-23-20(28)21(29)26-24-12-15-6-9-18(17(22)11-15)30-13-19(27)25-16-7-4-14(2)5-8-16/h4-9,11-12H,3,10,13H2,1-2H3,(H,23,28)(H,25,27)(H,26,29)/b24-12-. The van der Waals surface area contributed by atoms with Crippen LogP contribution in [0.5, 0.6) is 5.75 Å². The molecular formula is C21H23ClN4O4. The molecule has 0 aromatic heterocycles. The fourth-order valence-corrected chi connectivity index (χ4v) is 2.47. The number of hydrogen-bond acceptors (Lipinski definition) is 5. The van der Waals surface area contributed by atoms with Gasteiger partial charge in [0.2, 0.25) is 0 Å². The molecule has 8 nitrogen and oxygen atoms in total. The SMILES string of the molecule is CCCNC(=O)C(=O)N/N=C\c1ccc(OCC(=O)Nc2ccc(C)cc2)c(Cl)c1. The summed E-state index contributed by atoms with van der Waals surface area (Å²) in [7, 11) is 0. The van der Waals surface area contributed by atoms with Crippen LogP contribution in [0.25, 0.3) is 0 Å². The summed E-state index contributed by atoms with van der Waals surface area (Å²) in [4.78, 5) is 35.0. The van der Waals surface area contributed by atoms with Crippen molar-refractivity contribution < 1.29 is 19.1 Å². The van der Waals surface area contributed by atoms with Crippen molar-refractivity contribution in [3.05, 3.63) is 58.6 Å². The summed E-state index contributed by atoms with van der Waals surface area (Å²) in [5, 5.41) is 9.16. The molecule has 0 saturated heterocycles. The van der Waals surface area contributed by atoms with Crippen LogP contribution in [-0.2, 0) is 14.4 Å². The fraction of sp³-hybridized carbons (Fsp3) is 0.238. The molecule has 2 aromatic carbocycles. The Bertz CT molecular complexity index is 929. The van der Waals surface area contributed by atoms with E-state index in [1.54, 1.807) is 30.3 Å². The highest BCUT2D eigenvalue weighted by molar-refractivity contribution is 6.35. The van der Waals surface area contributed by atoms with Crippen LogP contribution in [0.1, 0.15) is 24.5 Å². The molecule has 0 atom stereocenters. The molecule has 0 aliphatic carbocycles. The first-order valence-electron chi connectivity index (χ1n) is 9.29. The number of aryl methyl sites for hydroxylation is 1. The Balaban J connectivity index is 1.84. The minimum atomic E-state index is -0.856. The van der Waals surface area contributed by atoms with E-state index >= 15 is 0 Å². The van der Waals surface area contributed by atoms with Gasteiger partial charge < -0.3 is 15.4 Å². The van der Waals surface area contributed by atoms with Crippen molar-refractivity contribution in [1.29, 1.82) is 0 Å². The van der Waals surface area contributed by atoms with Crippen LogP contribution in [-0.4, -0.2) is 37.1 Å². The minimum Gasteiger partial charge on any atom is -0.482 e. The highest BCUT2D eigenvalue weighted by Crippen LogP contribution is 2.25. The molecule has 0 radical (unpaired) electrons. The summed E-state index contributed by atoms with van der Waals surface area (Å²) in [5.41, 5.74) is 4.48. The summed E-state index contributed by atoms with van der Waals surface area (Å²) in [6.45, 7) is 4.05. The molecule has 3 N–H and O–H groups in total. The average molecular weight is 431 g/mol. The lowest BCUT2D eigenvalue weighted by atomic mass is 10.2. The van der Waals surface area contributed by atoms with Gasteiger partial charge >= 0.3 is 11.8 Å². The number of amides is 3. The fourth-order valence-electron chi connectivity index (χ4n) is 2.23. The molecule has 0 saturated carbocycles. The molecular weight excluding hydrogens is 408 g/mol. The molecule has 0 spiro atoms. The summed E-state index contributed by atoms with van der Waals surface area (Å²) in [5.74, 6) is -1.59. The summed E-state index contributed by atoms with van der Waals surface area (Å²) < 4.78 is 5.45. The quantitative estimate of drug-likeness (QED) is 0.340. The van der Waals surface area contributed by atoms with E-state index in [4.69, 9.17) is 16.3 Å². The van der Waals surface area contributed by atoms with Gasteiger partial charge in [0.1, 0.15) is 5.75 Å². The number of nitrogens with zero attached hydrogens (tertiary/aromatic N) is 1. The van der Waals surface area contributed by atoms with Crippen LogP contribution in [0.3, 0.4) is 0 Å². The van der Waals surface area contributed by atoms with Gasteiger partial charge in [-0.3, -0.25) is 14.4 Å². The minimum absolute atomic E-state index is 0.204. The number of halogens is 1. The third-order valence-corrected chi connectivity index (χ3v) is 4.07. The van der Waals surface area contributed by atoms with E-state index in [9.17, 15) is 14.4 Å². The molecule has 30 heavy (non-hydrogen) atoms. The third kappa shape index (κ3) is 7.56. The lowest BCUT2D eigenvalue weighted by Crippen LogP contribution is -2.38. The molecule has 158 valence electrons. The van der Waals surface area contributed by atoms with E-state index in [0.29, 0.717) is 23.5 Å². The Morgan fingerprint density at radius 3 is 2.50 bits per heavy atom. The first-order valence-corrected chi connectivity index (χ1v) is 9.67. The van der Waals surface area contributed by atoms with Gasteiger partial charge in [-0.15, -0.1) is 0 Å². The van der Waals surface area contributed by atoms with Crippen molar-refractivity contribution in [2.45, 2.75) is 20.3 Å². The van der Waals surface area contributed by atoms with Gasteiger partial charge in [0.15, 0.2) is 6.61 Å². The Morgan fingerprint density at radius 1 is 1.10 bits per heavy atom. The second-order valence-corrected chi connectivity index (χ2v) is 6.75. The maximum absolute atomic E-state index is 12.0. The van der Waals surface area contributed by atoms with Gasteiger partial charge in [-0.25, -0.2) is 5.43 Å². The maximum atomic E-state index is 12.0. The lowest BCUT2D eigenvalue weighted by molar-refractivity contribution is -0.139. The number of hydrogen-bond donors (Lipinski definition) is 3. The zero-order valence-electron chi connectivity index (χ0n) is 16.7. The van der Waals surface area contributed by atoms with Gasteiger partial charge in [-0.1, -0.05) is 36.2 Å². The van der Waals surface area contributed by atoms with Crippen molar-refractivity contribution in [2.24, 2.45) is 5.10 Å². The van der Waals surface area contributed by atoms with E-state index in [-0.39, 0.29) is 17.5 Å². The zero-order valence-corrected chi connectivity index (χ0v) is 17.5. The summed E-state index contributed by atoms with van der Waals surface area (Å²) >= 11 is 6.17. The van der Waals surface area contributed by atoms with E-state index in [2.05, 4.69) is 21.2 Å². The highest BCUT2D eigenvalue weighted by Gasteiger charge is 2.11. The van der Waals surface area contributed by atoms with Crippen molar-refractivity contribution in [3.8, 4) is 5.75 Å². The molecule has 2 rings (SSSR count). The number of benzene rings is 2. The predicted octanol–water partition coefficient (Wildman–Crippen LogP) is 2.64. The smallest absolute Gasteiger partial charge is 0.329 e. The Hall–Kier alpha value is -3.39. The van der Waals surface area contributed by atoms with E-state index in [1.165, 1.54) is 6.21 Å². The predicted molar refractivity (Wildman–Crippen MR) is 116 cm³/mol. The molecule has 0 unspecified atom stereocenters. The van der Waals surface area contributed by atoms with E-state index in [0.717, 1.165) is 12.0 Å². The van der Waals surface area contributed by atoms with Gasteiger partial charge in [0.25, 0.3) is 5.91 Å². The van der Waals surface area contributed by atoms with Gasteiger partial charge in [0, 0.05) is 12.2 Å². The van der Waals surface area contributed by atoms with Crippen molar-refractivity contribution in [2.75, 3.05) is 18.5 Å². The molecule has 9 heteroatoms. The highest BCUT2D eigenvalue weighted by atomic mass is 35.5. The van der Waals surface area contributed by atoms with Gasteiger partial charge in [-0.05, 0) is 49.2 Å². The monoisotopic (exact) mass is 430 g/mol. The van der Waals surface area contributed by atoms with Crippen molar-refractivity contribution >= 4 is 41.2 Å². The van der Waals surface area contributed by atoms with E-state index in [1.807, 2.05) is 26.0 Å². The number of ether oxygens (including phenoxy) is 1. The number of carbonyl (C=O) groups excluding carboxylic acids is 3. The van der Waals surface area contributed by atoms with Crippen LogP contribution in [0.4, 0.5) is 5.69 Å². The average Bonchev–Trinajstić information content (AvgIpc) is 2.73. The van der Waals surface area contributed by atoms with Crippen LogP contribution < -0.4 is 20.8 Å². The first kappa shape index (κ1) is 22.9. The van der Waals surface area contributed by atoms with Crippen LogP contribution in [0, 0.1) is 6.92 Å². The van der Waals surface area contributed by atoms with Crippen LogP contribution in [0.2, 0.25) is 5.02 Å². The molecule has 0 bridgehead atoms. The van der Waals surface area contributed by atoms with Crippen LogP contribution in [0.15, 0.2) is 47.6 Å². The number of rotatable bonds is 8. The van der Waals surface area contributed by atoms with Crippen molar-refractivity contribution in [1.82, 2.24) is 10.7 Å². The molecule has 0 aliphatic heterocycles. The second-order valence-electron chi connectivity index (χ2n) is 6.35. The van der Waals surface area contributed by atoms with Gasteiger partial charge in [0.05, 0.1) is 11.2 Å². The lowest BCUT2D eigenvalue weighted by Gasteiger charge is -2.09. The number of carbonyl (C=O) groups is 3. The van der Waals surface area contributed by atoms with E-state index < -0.39 is 11.8 Å². The number of nitrogens with one attached hydrogen (secondary N) is 3. The zero-order chi connectivity index (χ0) is 21.9. The summed E-state index contributed by atoms with van der Waals surface area (Å²) in [6.07, 6.45) is 2.06. The molecule has 0 heterocycles. The van der Waals surface area contributed by atoms with Crippen LogP contribution >= 0.6 is 11.6 Å². The second kappa shape index (κ2) is 11.6. The normalized spacial score (nSPS) is 10.5. The summed E-state index contributed by atoms with van der Waals surface area (Å²) in [6, 6.07) is 12.2. The largest absolute Gasteiger partial charge is 0.482 e. The van der Waals surface area contributed by atoms with Crippen molar-refractivity contribution in [3.63, 3.8) is 0 Å². The first-order chi connectivity index (χ1) is 14.4. The molecule has 0 fully saturated rings. The topological polar surface area (TPSA) is 109 Å². The maximum Gasteiger partial charge on any atom is 0.329 e. The van der Waals surface area contributed by atoms with Gasteiger partial charge in [-0.2, -0.15) is 5.10 Å². The Kier molecular flexibility index (Phi) is 8.83. The number of hydrazone groups is 1. The molecule has 2 aromatic rings. The third-order valence-electron chi connectivity index (χ3n) is 3.77. The molecule has 3 amide bonds. The molecule has 0 aliphatic rings. The Labute approximate surface area is 179 Å². The Morgan fingerprint density at radius 2 is 1.83 bits per heavy atom.